The van der Waals surface area contributed by atoms with Crippen LogP contribution in [0.2, 0.25) is 5.02 Å². The van der Waals surface area contributed by atoms with E-state index in [4.69, 9.17) is 11.6 Å². The number of nitrogens with zero attached hydrogens (tertiary/aromatic N) is 2. The summed E-state index contributed by atoms with van der Waals surface area (Å²) in [5.74, 6) is 0. The number of hydrazone groups is 1. The Labute approximate surface area is 144 Å². The van der Waals surface area contributed by atoms with Crippen LogP contribution in [-0.4, -0.2) is 19.6 Å². The first kappa shape index (κ1) is 17.9. The molecule has 2 aromatic carbocycles. The molecule has 0 radical (unpaired) electrons. The Morgan fingerprint density at radius 2 is 1.92 bits per heavy atom. The van der Waals surface area contributed by atoms with Gasteiger partial charge in [0.2, 0.25) is 0 Å². The van der Waals surface area contributed by atoms with Gasteiger partial charge in [-0.3, -0.25) is 10.1 Å². The Bertz CT molecular complexity index is 926. The maximum absolute atomic E-state index is 12.3. The molecule has 0 fully saturated rings. The van der Waals surface area contributed by atoms with Crippen molar-refractivity contribution in [3.05, 3.63) is 68.2 Å². The van der Waals surface area contributed by atoms with E-state index in [0.29, 0.717) is 11.1 Å². The highest BCUT2D eigenvalue weighted by molar-refractivity contribution is 7.89. The van der Waals surface area contributed by atoms with E-state index in [9.17, 15) is 18.5 Å². The van der Waals surface area contributed by atoms with Gasteiger partial charge in [0.1, 0.15) is 5.02 Å². The van der Waals surface area contributed by atoms with Gasteiger partial charge < -0.3 is 0 Å². The molecule has 0 unspecified atom stereocenters. The zero-order chi connectivity index (χ0) is 17.9. The molecule has 0 saturated heterocycles. The van der Waals surface area contributed by atoms with Gasteiger partial charge in [0.05, 0.1) is 16.0 Å². The molecule has 126 valence electrons. The summed E-state index contributed by atoms with van der Waals surface area (Å²) >= 11 is 5.71. The highest BCUT2D eigenvalue weighted by Crippen LogP contribution is 2.24. The van der Waals surface area contributed by atoms with Crippen molar-refractivity contribution >= 4 is 33.5 Å². The topological polar surface area (TPSA) is 102 Å². The third-order valence-electron chi connectivity index (χ3n) is 3.19. The fourth-order valence-corrected chi connectivity index (χ4v) is 3.28. The van der Waals surface area contributed by atoms with E-state index in [1.807, 2.05) is 6.07 Å². The summed E-state index contributed by atoms with van der Waals surface area (Å²) in [6.45, 7) is 3.47. The minimum Gasteiger partial charge on any atom is -0.258 e. The molecule has 0 amide bonds. The number of halogens is 1. The third-order valence-corrected chi connectivity index (χ3v) is 4.87. The summed E-state index contributed by atoms with van der Waals surface area (Å²) in [5, 5.41) is 14.5. The van der Waals surface area contributed by atoms with E-state index in [1.165, 1.54) is 24.4 Å². The van der Waals surface area contributed by atoms with Crippen molar-refractivity contribution in [1.82, 2.24) is 4.83 Å². The molecule has 0 aliphatic heterocycles. The molecule has 9 heteroatoms. The SMILES string of the molecule is Cc1ccc(C)c(S(=O)(=O)NN=Cc2ccc(Cl)c([N+](=O)[O-])c2)c1. The first-order valence-electron chi connectivity index (χ1n) is 6.77. The number of aryl methyl sites for hydroxylation is 2. The summed E-state index contributed by atoms with van der Waals surface area (Å²) in [6.07, 6.45) is 1.17. The van der Waals surface area contributed by atoms with Crippen LogP contribution < -0.4 is 4.83 Å². The zero-order valence-corrected chi connectivity index (χ0v) is 14.4. The van der Waals surface area contributed by atoms with Gasteiger partial charge in [-0.25, -0.2) is 4.83 Å². The molecule has 24 heavy (non-hydrogen) atoms. The van der Waals surface area contributed by atoms with Gasteiger partial charge in [-0.2, -0.15) is 13.5 Å². The molecule has 1 N–H and O–H groups in total. The highest BCUT2D eigenvalue weighted by Gasteiger charge is 2.16. The van der Waals surface area contributed by atoms with Crippen molar-refractivity contribution in [3.8, 4) is 0 Å². The molecule has 7 nitrogen and oxygen atoms in total. The van der Waals surface area contributed by atoms with Gasteiger partial charge in [-0.05, 0) is 37.1 Å². The fourth-order valence-electron chi connectivity index (χ4n) is 1.97. The first-order chi connectivity index (χ1) is 11.2. The van der Waals surface area contributed by atoms with Crippen LogP contribution in [0.1, 0.15) is 16.7 Å². The number of nitrogens with one attached hydrogen (secondary N) is 1. The van der Waals surface area contributed by atoms with Gasteiger partial charge in [0.25, 0.3) is 15.7 Å². The van der Waals surface area contributed by atoms with E-state index in [2.05, 4.69) is 9.93 Å². The smallest absolute Gasteiger partial charge is 0.258 e. The standard InChI is InChI=1S/C15H14ClN3O4S/c1-10-3-4-11(2)15(7-10)24(22,23)18-17-9-12-5-6-13(16)14(8-12)19(20)21/h3-9,18H,1-2H3. The van der Waals surface area contributed by atoms with E-state index in [0.717, 1.165) is 5.56 Å². The van der Waals surface area contributed by atoms with Crippen molar-refractivity contribution in [2.45, 2.75) is 18.7 Å². The summed E-state index contributed by atoms with van der Waals surface area (Å²) < 4.78 is 24.5. The van der Waals surface area contributed by atoms with Crippen molar-refractivity contribution in [2.75, 3.05) is 0 Å². The second-order valence-electron chi connectivity index (χ2n) is 5.09. The molecule has 2 aromatic rings. The summed E-state index contributed by atoms with van der Waals surface area (Å²) in [5.41, 5.74) is 1.46. The lowest BCUT2D eigenvalue weighted by molar-refractivity contribution is -0.384. The maximum Gasteiger partial charge on any atom is 0.288 e. The molecule has 0 aliphatic carbocycles. The number of hydrogen-bond donors (Lipinski definition) is 1. The quantitative estimate of drug-likeness (QED) is 0.498. The predicted octanol–water partition coefficient (Wildman–Crippen LogP) is 3.18. The molecule has 2 rings (SSSR count). The lowest BCUT2D eigenvalue weighted by atomic mass is 10.2. The predicted molar refractivity (Wildman–Crippen MR) is 91.9 cm³/mol. The van der Waals surface area contributed by atoms with Crippen molar-refractivity contribution < 1.29 is 13.3 Å². The monoisotopic (exact) mass is 367 g/mol. The van der Waals surface area contributed by atoms with Crippen LogP contribution in [0.15, 0.2) is 46.4 Å². The minimum atomic E-state index is -3.83. The molecule has 0 atom stereocenters. The normalized spacial score (nSPS) is 11.6. The summed E-state index contributed by atoms with van der Waals surface area (Å²) in [7, 11) is -3.83. The van der Waals surface area contributed by atoms with Crippen molar-refractivity contribution in [1.29, 1.82) is 0 Å². The Balaban J connectivity index is 2.23. The Kier molecular flexibility index (Phi) is 5.20. The highest BCUT2D eigenvalue weighted by atomic mass is 35.5. The summed E-state index contributed by atoms with van der Waals surface area (Å²) in [6, 6.07) is 9.10. The van der Waals surface area contributed by atoms with Crippen molar-refractivity contribution in [2.24, 2.45) is 5.10 Å². The van der Waals surface area contributed by atoms with Crippen molar-refractivity contribution in [3.63, 3.8) is 0 Å². The van der Waals surface area contributed by atoms with Gasteiger partial charge in [0, 0.05) is 11.6 Å². The number of hydrogen-bond acceptors (Lipinski definition) is 5. The van der Waals surface area contributed by atoms with Crippen LogP contribution >= 0.6 is 11.6 Å². The molecular formula is C15H14ClN3O4S. The fraction of sp³-hybridized carbons (Fsp3) is 0.133. The van der Waals surface area contributed by atoms with Crippen LogP contribution in [0.3, 0.4) is 0 Å². The molecule has 0 spiro atoms. The summed E-state index contributed by atoms with van der Waals surface area (Å²) in [4.78, 5) is 12.4. The second kappa shape index (κ2) is 6.98. The Morgan fingerprint density at radius 3 is 2.58 bits per heavy atom. The van der Waals surface area contributed by atoms with E-state index in [1.54, 1.807) is 26.0 Å². The number of rotatable bonds is 5. The van der Waals surface area contributed by atoms with Crippen LogP contribution in [-0.2, 0) is 10.0 Å². The van der Waals surface area contributed by atoms with Crippen LogP contribution in [0.25, 0.3) is 0 Å². The second-order valence-corrected chi connectivity index (χ2v) is 7.13. The minimum absolute atomic E-state index is 0.00637. The zero-order valence-electron chi connectivity index (χ0n) is 12.9. The number of nitro groups is 1. The number of sulfonamides is 1. The van der Waals surface area contributed by atoms with Gasteiger partial charge >= 0.3 is 0 Å². The molecule has 0 aromatic heterocycles. The maximum atomic E-state index is 12.3. The number of nitro benzene ring substituents is 1. The van der Waals surface area contributed by atoms with Crippen LogP contribution in [0, 0.1) is 24.0 Å². The van der Waals surface area contributed by atoms with E-state index < -0.39 is 14.9 Å². The molecule has 0 aliphatic rings. The average molecular weight is 368 g/mol. The molecule has 0 saturated carbocycles. The first-order valence-corrected chi connectivity index (χ1v) is 8.63. The Hall–Kier alpha value is -2.45. The van der Waals surface area contributed by atoms with Gasteiger partial charge in [-0.1, -0.05) is 29.8 Å². The third kappa shape index (κ3) is 4.09. The van der Waals surface area contributed by atoms with Gasteiger partial charge in [-0.15, -0.1) is 0 Å². The average Bonchev–Trinajstić information content (AvgIpc) is 2.50. The van der Waals surface area contributed by atoms with Crippen LogP contribution in [0.5, 0.6) is 0 Å². The number of benzene rings is 2. The van der Waals surface area contributed by atoms with Crippen LogP contribution in [0.4, 0.5) is 5.69 Å². The molecule has 0 bridgehead atoms. The molecule has 0 heterocycles. The van der Waals surface area contributed by atoms with Gasteiger partial charge in [0.15, 0.2) is 0 Å². The lowest BCUT2D eigenvalue weighted by Crippen LogP contribution is -2.19. The van der Waals surface area contributed by atoms with E-state index >= 15 is 0 Å². The molecular weight excluding hydrogens is 354 g/mol. The van der Waals surface area contributed by atoms with E-state index in [-0.39, 0.29) is 15.6 Å². The lowest BCUT2D eigenvalue weighted by Gasteiger charge is -2.07. The largest absolute Gasteiger partial charge is 0.288 e. The Morgan fingerprint density at radius 1 is 1.21 bits per heavy atom.